The van der Waals surface area contributed by atoms with Gasteiger partial charge in [0.1, 0.15) is 12.2 Å². The number of carbonyl (C=O) groups is 2. The molecule has 0 atom stereocenters. The molecule has 0 bridgehead atoms. The molecule has 6 heteroatoms. The van der Waals surface area contributed by atoms with Crippen molar-refractivity contribution in [3.8, 4) is 0 Å². The van der Waals surface area contributed by atoms with Crippen LogP contribution in [-0.2, 0) is 19.1 Å². The van der Waals surface area contributed by atoms with Gasteiger partial charge >= 0.3 is 11.9 Å². The first-order valence-electron chi connectivity index (χ1n) is 14.5. The van der Waals surface area contributed by atoms with Crippen LogP contribution in [0.1, 0.15) is 145 Å². The molecule has 2 rings (SSSR count). The van der Waals surface area contributed by atoms with E-state index in [1.807, 2.05) is 0 Å². The summed E-state index contributed by atoms with van der Waals surface area (Å²) in [5.41, 5.74) is -0.0218. The van der Waals surface area contributed by atoms with Gasteiger partial charge in [-0.15, -0.1) is 0 Å². The molecule has 2 N–H and O–H groups in total. The topological polar surface area (TPSA) is 76.7 Å². The number of esters is 2. The van der Waals surface area contributed by atoms with Crippen molar-refractivity contribution in [1.82, 2.24) is 10.6 Å². The van der Waals surface area contributed by atoms with Gasteiger partial charge in [0.05, 0.1) is 0 Å². The minimum atomic E-state index is -0.0444. The van der Waals surface area contributed by atoms with Gasteiger partial charge in [0.15, 0.2) is 0 Å². The summed E-state index contributed by atoms with van der Waals surface area (Å²) in [6.07, 6.45) is 13.2. The summed E-state index contributed by atoms with van der Waals surface area (Å²) in [4.78, 5) is 24.6. The highest BCUT2D eigenvalue weighted by Gasteiger charge is 2.40. The van der Waals surface area contributed by atoms with Crippen molar-refractivity contribution in [3.63, 3.8) is 0 Å². The fourth-order valence-electron chi connectivity index (χ4n) is 6.71. The van der Waals surface area contributed by atoms with Crippen molar-refractivity contribution < 1.29 is 19.1 Å². The van der Waals surface area contributed by atoms with E-state index in [9.17, 15) is 9.59 Å². The molecule has 0 saturated carbocycles. The third kappa shape index (κ3) is 12.4. The predicted octanol–water partition coefficient (Wildman–Crippen LogP) is 6.59. The second kappa shape index (κ2) is 13.1. The highest BCUT2D eigenvalue weighted by Crippen LogP contribution is 2.31. The van der Waals surface area contributed by atoms with Gasteiger partial charge in [-0.05, 0) is 68.2 Å². The summed E-state index contributed by atoms with van der Waals surface area (Å²) < 4.78 is 11.6. The summed E-state index contributed by atoms with van der Waals surface area (Å²) in [6, 6.07) is 0. The minimum absolute atomic E-state index is 0.00544. The van der Waals surface area contributed by atoms with E-state index in [0.717, 1.165) is 64.2 Å². The average molecular weight is 509 g/mol. The third-order valence-corrected chi connectivity index (χ3v) is 7.41. The molecule has 2 aliphatic rings. The van der Waals surface area contributed by atoms with E-state index in [1.54, 1.807) is 0 Å². The van der Waals surface area contributed by atoms with E-state index >= 15 is 0 Å². The molecule has 36 heavy (non-hydrogen) atoms. The van der Waals surface area contributed by atoms with Gasteiger partial charge in [0.25, 0.3) is 0 Å². The lowest BCUT2D eigenvalue weighted by Crippen LogP contribution is -2.59. The number of nitrogens with one attached hydrogen (secondary N) is 2. The molecule has 0 aromatic carbocycles. The van der Waals surface area contributed by atoms with Gasteiger partial charge in [-0.25, -0.2) is 0 Å². The molecule has 0 aromatic heterocycles. The van der Waals surface area contributed by atoms with Crippen LogP contribution < -0.4 is 10.6 Å². The zero-order valence-corrected chi connectivity index (χ0v) is 24.7. The smallest absolute Gasteiger partial charge is 0.306 e. The molecular formula is C30H56N2O4. The lowest BCUT2D eigenvalue weighted by atomic mass is 9.81. The lowest BCUT2D eigenvalue weighted by Gasteiger charge is -2.46. The Morgan fingerprint density at radius 1 is 0.528 bits per heavy atom. The van der Waals surface area contributed by atoms with Crippen LogP contribution in [0.5, 0.6) is 0 Å². The third-order valence-electron chi connectivity index (χ3n) is 7.41. The summed E-state index contributed by atoms with van der Waals surface area (Å²) >= 11 is 0. The number of rotatable bonds is 13. The molecule has 2 saturated heterocycles. The van der Waals surface area contributed by atoms with E-state index in [-0.39, 0.29) is 46.3 Å². The van der Waals surface area contributed by atoms with Crippen molar-refractivity contribution in [2.24, 2.45) is 0 Å². The summed E-state index contributed by atoms with van der Waals surface area (Å²) in [6.45, 7) is 17.4. The Kier molecular flexibility index (Phi) is 11.3. The van der Waals surface area contributed by atoms with Crippen LogP contribution in [0.25, 0.3) is 0 Å². The zero-order valence-electron chi connectivity index (χ0n) is 24.7. The number of hydrogen-bond donors (Lipinski definition) is 2. The largest absolute Gasteiger partial charge is 0.462 e. The molecule has 0 amide bonds. The van der Waals surface area contributed by atoms with Crippen molar-refractivity contribution >= 4 is 11.9 Å². The molecule has 0 spiro atoms. The van der Waals surface area contributed by atoms with Crippen LogP contribution in [0.4, 0.5) is 0 Å². The SMILES string of the molecule is CC1(C)CC(OC(=O)CCCCCCCCCCC(=O)OC2CC(C)(C)NC(C)(C)C2)CC(C)(C)N1. The van der Waals surface area contributed by atoms with Crippen LogP contribution in [0.2, 0.25) is 0 Å². The normalized spacial score (nSPS) is 23.2. The van der Waals surface area contributed by atoms with E-state index in [2.05, 4.69) is 66.0 Å². The highest BCUT2D eigenvalue weighted by atomic mass is 16.5. The number of ether oxygens (including phenoxy) is 2. The zero-order chi connectivity index (χ0) is 27.0. The molecule has 0 aromatic rings. The summed E-state index contributed by atoms with van der Waals surface area (Å²) in [5.74, 6) is -0.0889. The van der Waals surface area contributed by atoms with Gasteiger partial charge in [0, 0.05) is 60.7 Å². The monoisotopic (exact) mass is 508 g/mol. The quantitative estimate of drug-likeness (QED) is 0.216. The number of piperidine rings is 2. The maximum absolute atomic E-state index is 12.3. The lowest BCUT2D eigenvalue weighted by molar-refractivity contribution is -0.154. The fourth-order valence-corrected chi connectivity index (χ4v) is 6.71. The number of unbranched alkanes of at least 4 members (excludes halogenated alkanes) is 7. The van der Waals surface area contributed by atoms with Gasteiger partial charge in [-0.1, -0.05) is 38.5 Å². The van der Waals surface area contributed by atoms with E-state index in [0.29, 0.717) is 12.8 Å². The Morgan fingerprint density at radius 3 is 1.06 bits per heavy atom. The Balaban J connectivity index is 1.45. The highest BCUT2D eigenvalue weighted by molar-refractivity contribution is 5.69. The molecule has 2 fully saturated rings. The first-order valence-corrected chi connectivity index (χ1v) is 14.5. The predicted molar refractivity (Wildman–Crippen MR) is 147 cm³/mol. The Labute approximate surface area is 221 Å². The van der Waals surface area contributed by atoms with Crippen LogP contribution in [0.15, 0.2) is 0 Å². The van der Waals surface area contributed by atoms with E-state index in [1.165, 1.54) is 12.8 Å². The van der Waals surface area contributed by atoms with Crippen molar-refractivity contribution in [3.05, 3.63) is 0 Å². The number of carbonyl (C=O) groups excluding carboxylic acids is 2. The van der Waals surface area contributed by atoms with E-state index in [4.69, 9.17) is 9.47 Å². The second-order valence-corrected chi connectivity index (χ2v) is 14.2. The van der Waals surface area contributed by atoms with Crippen LogP contribution in [0, 0.1) is 0 Å². The average Bonchev–Trinajstić information content (AvgIpc) is 2.64. The standard InChI is InChI=1S/C30H56N2O4/c1-27(2)19-23(20-28(3,4)31-27)35-25(33)17-15-13-11-9-10-12-14-16-18-26(34)36-24-21-29(5,6)32-30(7,8)22-24/h23-24,31-32H,9-22H2,1-8H3. The van der Waals surface area contributed by atoms with Crippen LogP contribution >= 0.6 is 0 Å². The molecule has 210 valence electrons. The molecule has 0 unspecified atom stereocenters. The first-order chi connectivity index (χ1) is 16.6. The van der Waals surface area contributed by atoms with Gasteiger partial charge in [-0.2, -0.15) is 0 Å². The number of hydrogen-bond acceptors (Lipinski definition) is 6. The molecule has 2 aliphatic heterocycles. The van der Waals surface area contributed by atoms with Crippen molar-refractivity contribution in [2.75, 3.05) is 0 Å². The molecular weight excluding hydrogens is 452 g/mol. The van der Waals surface area contributed by atoms with Crippen molar-refractivity contribution in [2.45, 2.75) is 180 Å². The van der Waals surface area contributed by atoms with E-state index < -0.39 is 0 Å². The minimum Gasteiger partial charge on any atom is -0.462 e. The summed E-state index contributed by atoms with van der Waals surface area (Å²) in [7, 11) is 0. The van der Waals surface area contributed by atoms with Gasteiger partial charge in [-0.3, -0.25) is 9.59 Å². The maximum Gasteiger partial charge on any atom is 0.306 e. The molecule has 6 nitrogen and oxygen atoms in total. The Morgan fingerprint density at radius 2 is 0.778 bits per heavy atom. The van der Waals surface area contributed by atoms with Gasteiger partial charge in [0.2, 0.25) is 0 Å². The maximum atomic E-state index is 12.3. The second-order valence-electron chi connectivity index (χ2n) is 14.2. The fraction of sp³-hybridized carbons (Fsp3) is 0.933. The molecule has 2 heterocycles. The summed E-state index contributed by atoms with van der Waals surface area (Å²) in [5, 5.41) is 7.26. The Hall–Kier alpha value is -1.14. The Bertz CT molecular complexity index is 622. The first kappa shape index (κ1) is 31.1. The molecule has 0 aliphatic carbocycles. The van der Waals surface area contributed by atoms with Crippen molar-refractivity contribution in [1.29, 1.82) is 0 Å². The van der Waals surface area contributed by atoms with Crippen LogP contribution in [0.3, 0.4) is 0 Å². The molecule has 0 radical (unpaired) electrons. The van der Waals surface area contributed by atoms with Gasteiger partial charge < -0.3 is 20.1 Å². The van der Waals surface area contributed by atoms with Crippen LogP contribution in [-0.4, -0.2) is 46.3 Å².